The molecule has 1 aromatic rings. The minimum atomic E-state index is 0.342. The number of benzene rings is 1. The molecule has 2 rings (SSSR count). The molecule has 0 spiro atoms. The number of rotatable bonds is 5. The van der Waals surface area contributed by atoms with E-state index in [0.717, 1.165) is 24.9 Å². The number of hydrogen-bond donors (Lipinski definition) is 1. The van der Waals surface area contributed by atoms with E-state index in [1.54, 1.807) is 0 Å². The average molecular weight is 310 g/mol. The monoisotopic (exact) mass is 309 g/mol. The third-order valence-corrected chi connectivity index (χ3v) is 5.06. The molecule has 1 fully saturated rings. The lowest BCUT2D eigenvalue weighted by molar-refractivity contribution is 0.132. The second-order valence-corrected chi connectivity index (χ2v) is 6.95. The van der Waals surface area contributed by atoms with E-state index < -0.39 is 0 Å². The van der Waals surface area contributed by atoms with E-state index in [0.29, 0.717) is 5.41 Å². The number of nitrogens with one attached hydrogen (secondary N) is 1. The van der Waals surface area contributed by atoms with Gasteiger partial charge in [0, 0.05) is 16.4 Å². The highest BCUT2D eigenvalue weighted by molar-refractivity contribution is 9.10. The molecule has 0 bridgehead atoms. The van der Waals surface area contributed by atoms with E-state index in [-0.39, 0.29) is 0 Å². The summed E-state index contributed by atoms with van der Waals surface area (Å²) in [6.45, 7) is 9.14. The maximum absolute atomic E-state index is 3.73. The predicted molar refractivity (Wildman–Crippen MR) is 81.9 cm³/mol. The molecular weight excluding hydrogens is 286 g/mol. The van der Waals surface area contributed by atoms with Crippen LogP contribution in [-0.2, 0) is 5.41 Å². The van der Waals surface area contributed by atoms with Crippen LogP contribution in [-0.4, -0.2) is 13.1 Å². The molecule has 1 aliphatic rings. The molecule has 2 heteroatoms. The van der Waals surface area contributed by atoms with Gasteiger partial charge < -0.3 is 5.32 Å². The lowest BCUT2D eigenvalue weighted by Crippen LogP contribution is -2.50. The molecule has 1 aromatic carbocycles. The Morgan fingerprint density at radius 2 is 2.11 bits per heavy atom. The van der Waals surface area contributed by atoms with Gasteiger partial charge in [0.2, 0.25) is 0 Å². The van der Waals surface area contributed by atoms with Gasteiger partial charge in [0.25, 0.3) is 0 Å². The van der Waals surface area contributed by atoms with Crippen LogP contribution < -0.4 is 5.32 Å². The Bertz CT molecular complexity index is 402. The van der Waals surface area contributed by atoms with Gasteiger partial charge in [0.15, 0.2) is 0 Å². The second-order valence-electron chi connectivity index (χ2n) is 6.10. The zero-order chi connectivity index (χ0) is 13.2. The molecule has 18 heavy (non-hydrogen) atoms. The molecule has 0 aromatic heterocycles. The molecule has 2 atom stereocenters. The van der Waals surface area contributed by atoms with E-state index in [4.69, 9.17) is 0 Å². The molecule has 0 aliphatic heterocycles. The summed E-state index contributed by atoms with van der Waals surface area (Å²) in [7, 11) is 0. The Kier molecular flexibility index (Phi) is 4.50. The summed E-state index contributed by atoms with van der Waals surface area (Å²) in [4.78, 5) is 0. The van der Waals surface area contributed by atoms with Crippen molar-refractivity contribution in [1.29, 1.82) is 0 Å². The van der Waals surface area contributed by atoms with E-state index in [9.17, 15) is 0 Å². The third kappa shape index (κ3) is 2.65. The smallest absolute Gasteiger partial charge is 0.0213 e. The number of halogens is 1. The van der Waals surface area contributed by atoms with Crippen LogP contribution in [0.2, 0.25) is 0 Å². The molecule has 1 aliphatic carbocycles. The Hall–Kier alpha value is -0.340. The summed E-state index contributed by atoms with van der Waals surface area (Å²) < 4.78 is 1.27. The van der Waals surface area contributed by atoms with Gasteiger partial charge in [-0.1, -0.05) is 54.9 Å². The number of hydrogen-bond acceptors (Lipinski definition) is 1. The van der Waals surface area contributed by atoms with Gasteiger partial charge in [-0.25, -0.2) is 0 Å². The molecule has 0 radical (unpaired) electrons. The SMILES string of the molecule is CC(C)CNCC1(c2ccccc2Br)CCC1C. The Morgan fingerprint density at radius 1 is 1.39 bits per heavy atom. The standard InChI is InChI=1S/C16H24BrN/c1-12(2)10-18-11-16(9-8-13(16)3)14-6-4-5-7-15(14)17/h4-7,12-13,18H,8-11H2,1-3H3. The third-order valence-electron chi connectivity index (χ3n) is 4.37. The van der Waals surface area contributed by atoms with Crippen molar-refractivity contribution in [2.24, 2.45) is 11.8 Å². The van der Waals surface area contributed by atoms with E-state index in [2.05, 4.69) is 66.3 Å². The first-order valence-corrected chi connectivity index (χ1v) is 7.81. The molecule has 0 amide bonds. The highest BCUT2D eigenvalue weighted by Crippen LogP contribution is 2.50. The normalized spacial score (nSPS) is 27.3. The van der Waals surface area contributed by atoms with Crippen molar-refractivity contribution < 1.29 is 0 Å². The lowest BCUT2D eigenvalue weighted by atomic mass is 9.57. The van der Waals surface area contributed by atoms with Crippen LogP contribution in [0.4, 0.5) is 0 Å². The van der Waals surface area contributed by atoms with Crippen molar-refractivity contribution in [2.45, 2.75) is 39.0 Å². The van der Waals surface area contributed by atoms with Crippen molar-refractivity contribution in [2.75, 3.05) is 13.1 Å². The molecule has 0 saturated heterocycles. The van der Waals surface area contributed by atoms with Crippen molar-refractivity contribution in [1.82, 2.24) is 5.32 Å². The summed E-state index contributed by atoms with van der Waals surface area (Å²) in [5.74, 6) is 1.49. The summed E-state index contributed by atoms with van der Waals surface area (Å²) in [5.41, 5.74) is 1.83. The van der Waals surface area contributed by atoms with Crippen molar-refractivity contribution in [3.63, 3.8) is 0 Å². The van der Waals surface area contributed by atoms with E-state index in [1.807, 2.05) is 0 Å². The zero-order valence-corrected chi connectivity index (χ0v) is 13.3. The van der Waals surface area contributed by atoms with Crippen LogP contribution in [0.1, 0.15) is 39.2 Å². The quantitative estimate of drug-likeness (QED) is 0.852. The van der Waals surface area contributed by atoms with Gasteiger partial charge in [0.05, 0.1) is 0 Å². The van der Waals surface area contributed by atoms with Crippen molar-refractivity contribution in [3.05, 3.63) is 34.3 Å². The van der Waals surface area contributed by atoms with Gasteiger partial charge in [-0.3, -0.25) is 0 Å². The Morgan fingerprint density at radius 3 is 2.61 bits per heavy atom. The maximum Gasteiger partial charge on any atom is 0.0213 e. The minimum Gasteiger partial charge on any atom is -0.316 e. The first-order chi connectivity index (χ1) is 8.56. The predicted octanol–water partition coefficient (Wildman–Crippen LogP) is 4.36. The summed E-state index contributed by atoms with van der Waals surface area (Å²) in [5, 5.41) is 3.66. The second kappa shape index (κ2) is 5.75. The average Bonchev–Trinajstić information content (AvgIpc) is 2.33. The van der Waals surface area contributed by atoms with Crippen molar-refractivity contribution >= 4 is 15.9 Å². The molecule has 1 N–H and O–H groups in total. The zero-order valence-electron chi connectivity index (χ0n) is 11.7. The largest absolute Gasteiger partial charge is 0.316 e. The van der Waals surface area contributed by atoms with Gasteiger partial charge in [-0.2, -0.15) is 0 Å². The molecule has 2 unspecified atom stereocenters. The molecule has 0 heterocycles. The van der Waals surface area contributed by atoms with Gasteiger partial charge in [-0.05, 0) is 42.9 Å². The first-order valence-electron chi connectivity index (χ1n) is 7.02. The van der Waals surface area contributed by atoms with E-state index >= 15 is 0 Å². The van der Waals surface area contributed by atoms with Crippen LogP contribution in [0.5, 0.6) is 0 Å². The highest BCUT2D eigenvalue weighted by Gasteiger charge is 2.45. The fourth-order valence-corrected chi connectivity index (χ4v) is 3.67. The highest BCUT2D eigenvalue weighted by atomic mass is 79.9. The van der Waals surface area contributed by atoms with Gasteiger partial charge in [-0.15, -0.1) is 0 Å². The maximum atomic E-state index is 3.73. The Balaban J connectivity index is 2.15. The summed E-state index contributed by atoms with van der Waals surface area (Å²) in [6.07, 6.45) is 2.66. The lowest BCUT2D eigenvalue weighted by Gasteiger charge is -2.49. The van der Waals surface area contributed by atoms with E-state index in [1.165, 1.54) is 22.9 Å². The van der Waals surface area contributed by atoms with Crippen LogP contribution in [0, 0.1) is 11.8 Å². The van der Waals surface area contributed by atoms with Crippen LogP contribution in [0.15, 0.2) is 28.7 Å². The van der Waals surface area contributed by atoms with Crippen LogP contribution in [0.25, 0.3) is 0 Å². The fourth-order valence-electron chi connectivity index (χ4n) is 2.99. The van der Waals surface area contributed by atoms with Gasteiger partial charge >= 0.3 is 0 Å². The fraction of sp³-hybridized carbons (Fsp3) is 0.625. The topological polar surface area (TPSA) is 12.0 Å². The van der Waals surface area contributed by atoms with Gasteiger partial charge in [0.1, 0.15) is 0 Å². The Labute approximate surface area is 119 Å². The molecule has 1 nitrogen and oxygen atoms in total. The summed E-state index contributed by atoms with van der Waals surface area (Å²) >= 11 is 3.73. The molecule has 1 saturated carbocycles. The van der Waals surface area contributed by atoms with Crippen LogP contribution in [0.3, 0.4) is 0 Å². The summed E-state index contributed by atoms with van der Waals surface area (Å²) in [6, 6.07) is 8.73. The van der Waals surface area contributed by atoms with Crippen molar-refractivity contribution in [3.8, 4) is 0 Å². The minimum absolute atomic E-state index is 0.342. The first kappa shape index (κ1) is 14.1. The molecular formula is C16H24BrN. The van der Waals surface area contributed by atoms with Crippen LogP contribution >= 0.6 is 15.9 Å². The molecule has 100 valence electrons.